The van der Waals surface area contributed by atoms with E-state index in [2.05, 4.69) is 5.32 Å². The molecule has 2 heterocycles. The summed E-state index contributed by atoms with van der Waals surface area (Å²) in [5.74, 6) is 2.57. The van der Waals surface area contributed by atoms with Gasteiger partial charge in [-0.3, -0.25) is 4.79 Å². The molecule has 0 unspecified atom stereocenters. The number of amides is 1. The van der Waals surface area contributed by atoms with Crippen molar-refractivity contribution in [2.45, 2.75) is 12.8 Å². The molecule has 7 heteroatoms. The minimum atomic E-state index is -0.0708. The number of fused-ring (bicyclic) bond motifs is 2. The Morgan fingerprint density at radius 3 is 2.69 bits per heavy atom. The maximum atomic E-state index is 12.2. The monoisotopic (exact) mass is 375 g/mol. The lowest BCUT2D eigenvalue weighted by Crippen LogP contribution is -2.27. The molecule has 6 nitrogen and oxygen atoms in total. The van der Waals surface area contributed by atoms with Crippen LogP contribution in [-0.2, 0) is 17.6 Å². The molecule has 2 aromatic carbocycles. The van der Waals surface area contributed by atoms with Crippen LogP contribution >= 0.6 is 11.6 Å². The number of benzene rings is 2. The lowest BCUT2D eigenvalue weighted by atomic mass is 10.1. The van der Waals surface area contributed by atoms with Crippen molar-refractivity contribution >= 4 is 17.5 Å². The lowest BCUT2D eigenvalue weighted by molar-refractivity contribution is -0.120. The average molecular weight is 376 g/mol. The van der Waals surface area contributed by atoms with Crippen molar-refractivity contribution in [2.75, 3.05) is 26.6 Å². The van der Waals surface area contributed by atoms with E-state index in [-0.39, 0.29) is 19.1 Å². The number of carbonyl (C=O) groups excluding carboxylic acids is 1. The number of halogens is 1. The van der Waals surface area contributed by atoms with E-state index >= 15 is 0 Å². The predicted octanol–water partition coefficient (Wildman–Crippen LogP) is 2.74. The van der Waals surface area contributed by atoms with Gasteiger partial charge in [0.15, 0.2) is 23.0 Å². The van der Waals surface area contributed by atoms with Crippen LogP contribution in [0.4, 0.5) is 0 Å². The Hall–Kier alpha value is -2.60. The molecule has 0 bridgehead atoms. The van der Waals surface area contributed by atoms with E-state index in [4.69, 9.17) is 30.5 Å². The number of rotatable bonds is 5. The summed E-state index contributed by atoms with van der Waals surface area (Å²) < 4.78 is 21.7. The van der Waals surface area contributed by atoms with E-state index in [1.165, 1.54) is 0 Å². The van der Waals surface area contributed by atoms with Gasteiger partial charge in [-0.1, -0.05) is 17.7 Å². The van der Waals surface area contributed by atoms with E-state index in [0.29, 0.717) is 42.7 Å². The molecule has 0 fully saturated rings. The summed E-state index contributed by atoms with van der Waals surface area (Å²) in [5.41, 5.74) is 1.87. The molecule has 0 saturated heterocycles. The van der Waals surface area contributed by atoms with Crippen molar-refractivity contribution in [3.05, 3.63) is 46.5 Å². The number of hydrogen-bond donors (Lipinski definition) is 1. The maximum absolute atomic E-state index is 12.2. The fraction of sp³-hybridized carbons (Fsp3) is 0.316. The summed E-state index contributed by atoms with van der Waals surface area (Å²) >= 11 is 6.20. The molecule has 2 aliphatic rings. The van der Waals surface area contributed by atoms with Gasteiger partial charge in [0.05, 0.1) is 11.4 Å². The van der Waals surface area contributed by atoms with Crippen LogP contribution < -0.4 is 24.3 Å². The molecular weight excluding hydrogens is 358 g/mol. The van der Waals surface area contributed by atoms with E-state index in [1.54, 1.807) is 12.1 Å². The number of hydrogen-bond acceptors (Lipinski definition) is 5. The summed E-state index contributed by atoms with van der Waals surface area (Å²) in [4.78, 5) is 12.2. The summed E-state index contributed by atoms with van der Waals surface area (Å²) in [5, 5.41) is 3.38. The van der Waals surface area contributed by atoms with Crippen LogP contribution in [-0.4, -0.2) is 32.5 Å². The maximum Gasteiger partial charge on any atom is 0.231 e. The first-order valence-corrected chi connectivity index (χ1v) is 8.80. The predicted molar refractivity (Wildman–Crippen MR) is 95.4 cm³/mol. The summed E-state index contributed by atoms with van der Waals surface area (Å²) in [7, 11) is 0. The first-order valence-electron chi connectivity index (χ1n) is 8.42. The molecule has 0 aromatic heterocycles. The smallest absolute Gasteiger partial charge is 0.231 e. The second kappa shape index (κ2) is 7.33. The third kappa shape index (κ3) is 3.65. The zero-order valence-corrected chi connectivity index (χ0v) is 14.8. The normalized spacial score (nSPS) is 14.2. The standard InChI is InChI=1S/C19H18ClNO5/c20-14-7-13(9-17-19(14)24-6-5-23-17)10-18(22)21-4-3-12-1-2-15-16(8-12)26-11-25-15/h1-2,7-9H,3-6,10-11H2,(H,21,22). The van der Waals surface area contributed by atoms with Crippen LogP contribution in [0.5, 0.6) is 23.0 Å². The van der Waals surface area contributed by atoms with Crippen molar-refractivity contribution in [1.29, 1.82) is 0 Å². The van der Waals surface area contributed by atoms with Crippen molar-refractivity contribution in [3.8, 4) is 23.0 Å². The van der Waals surface area contributed by atoms with E-state index in [1.807, 2.05) is 18.2 Å². The first kappa shape index (κ1) is 16.8. The molecule has 4 rings (SSSR count). The highest BCUT2D eigenvalue weighted by atomic mass is 35.5. The first-order chi connectivity index (χ1) is 12.7. The quantitative estimate of drug-likeness (QED) is 0.870. The zero-order chi connectivity index (χ0) is 17.9. The zero-order valence-electron chi connectivity index (χ0n) is 14.0. The molecule has 1 amide bonds. The Labute approximate surface area is 156 Å². The number of carbonyl (C=O) groups is 1. The van der Waals surface area contributed by atoms with Gasteiger partial charge in [0.1, 0.15) is 13.2 Å². The Bertz CT molecular complexity index is 839. The molecule has 0 aliphatic carbocycles. The largest absolute Gasteiger partial charge is 0.486 e. The third-order valence-corrected chi connectivity index (χ3v) is 4.47. The Kier molecular flexibility index (Phi) is 4.75. The van der Waals surface area contributed by atoms with E-state index in [0.717, 1.165) is 22.6 Å². The minimum Gasteiger partial charge on any atom is -0.486 e. The highest BCUT2D eigenvalue weighted by molar-refractivity contribution is 6.32. The van der Waals surface area contributed by atoms with Gasteiger partial charge < -0.3 is 24.3 Å². The van der Waals surface area contributed by atoms with Crippen LogP contribution in [0.1, 0.15) is 11.1 Å². The van der Waals surface area contributed by atoms with Gasteiger partial charge in [-0.05, 0) is 41.8 Å². The van der Waals surface area contributed by atoms with Gasteiger partial charge in [-0.15, -0.1) is 0 Å². The molecule has 26 heavy (non-hydrogen) atoms. The van der Waals surface area contributed by atoms with Crippen molar-refractivity contribution < 1.29 is 23.7 Å². The van der Waals surface area contributed by atoms with Gasteiger partial charge >= 0.3 is 0 Å². The van der Waals surface area contributed by atoms with E-state index < -0.39 is 0 Å². The topological polar surface area (TPSA) is 66.0 Å². The van der Waals surface area contributed by atoms with Crippen LogP contribution in [0.3, 0.4) is 0 Å². The van der Waals surface area contributed by atoms with Crippen molar-refractivity contribution in [3.63, 3.8) is 0 Å². The van der Waals surface area contributed by atoms with Crippen LogP contribution in [0.15, 0.2) is 30.3 Å². The highest BCUT2D eigenvalue weighted by Crippen LogP contribution is 2.38. The molecule has 0 radical (unpaired) electrons. The third-order valence-electron chi connectivity index (χ3n) is 4.19. The minimum absolute atomic E-state index is 0.0708. The van der Waals surface area contributed by atoms with Crippen LogP contribution in [0.25, 0.3) is 0 Å². The summed E-state index contributed by atoms with van der Waals surface area (Å²) in [6.45, 7) is 1.76. The molecular formula is C19H18ClNO5. The van der Waals surface area contributed by atoms with Crippen molar-refractivity contribution in [1.82, 2.24) is 5.32 Å². The van der Waals surface area contributed by atoms with Gasteiger partial charge in [0.25, 0.3) is 0 Å². The Morgan fingerprint density at radius 1 is 0.962 bits per heavy atom. The molecule has 2 aliphatic heterocycles. The second-order valence-corrected chi connectivity index (χ2v) is 6.47. The molecule has 1 N–H and O–H groups in total. The second-order valence-electron chi connectivity index (χ2n) is 6.07. The average Bonchev–Trinajstić information content (AvgIpc) is 3.09. The number of ether oxygens (including phenoxy) is 4. The molecule has 136 valence electrons. The fourth-order valence-corrected chi connectivity index (χ4v) is 3.24. The van der Waals surface area contributed by atoms with Crippen molar-refractivity contribution in [2.24, 2.45) is 0 Å². The highest BCUT2D eigenvalue weighted by Gasteiger charge is 2.18. The van der Waals surface area contributed by atoms with Gasteiger partial charge in [-0.2, -0.15) is 0 Å². The molecule has 0 spiro atoms. The SMILES string of the molecule is O=C(Cc1cc(Cl)c2c(c1)OCCO2)NCCc1ccc2c(c1)OCO2. The number of nitrogens with one attached hydrogen (secondary N) is 1. The Balaban J connectivity index is 1.31. The summed E-state index contributed by atoms with van der Waals surface area (Å²) in [6, 6.07) is 9.34. The molecule has 2 aromatic rings. The lowest BCUT2D eigenvalue weighted by Gasteiger charge is -2.20. The van der Waals surface area contributed by atoms with E-state index in [9.17, 15) is 4.79 Å². The summed E-state index contributed by atoms with van der Waals surface area (Å²) in [6.07, 6.45) is 0.946. The van der Waals surface area contributed by atoms with Crippen LogP contribution in [0, 0.1) is 0 Å². The van der Waals surface area contributed by atoms with Crippen LogP contribution in [0.2, 0.25) is 5.02 Å². The van der Waals surface area contributed by atoms with Gasteiger partial charge in [0.2, 0.25) is 12.7 Å². The fourth-order valence-electron chi connectivity index (χ4n) is 2.96. The molecule has 0 saturated carbocycles. The van der Waals surface area contributed by atoms with Gasteiger partial charge in [-0.25, -0.2) is 0 Å². The Morgan fingerprint density at radius 2 is 1.77 bits per heavy atom. The van der Waals surface area contributed by atoms with Gasteiger partial charge in [0, 0.05) is 6.54 Å². The molecule has 0 atom stereocenters.